The third-order valence-electron chi connectivity index (χ3n) is 3.07. The van der Waals surface area contributed by atoms with Crippen LogP contribution in [0.5, 0.6) is 0 Å². The Morgan fingerprint density at radius 3 is 1.77 bits per heavy atom. The topological polar surface area (TPSA) is 12.9 Å². The molecule has 1 heterocycles. The van der Waals surface area contributed by atoms with Gasteiger partial charge in [-0.3, -0.25) is 4.98 Å². The number of pyridine rings is 1. The number of nitrogens with zero attached hydrogens (tertiary/aromatic N) is 1. The van der Waals surface area contributed by atoms with Crippen LogP contribution in [0.2, 0.25) is 0 Å². The second-order valence-electron chi connectivity index (χ2n) is 4.78. The molecule has 0 aliphatic rings. The highest BCUT2D eigenvalue weighted by Crippen LogP contribution is 2.36. The summed E-state index contributed by atoms with van der Waals surface area (Å²) in [7, 11) is 0. The van der Waals surface area contributed by atoms with Crippen LogP contribution in [0.4, 0.5) is 26.3 Å². The molecule has 0 fully saturated rings. The van der Waals surface area contributed by atoms with Crippen molar-refractivity contribution in [2.75, 3.05) is 0 Å². The fraction of sp³-hybridized carbons (Fsp3) is 0.267. The van der Waals surface area contributed by atoms with Crippen LogP contribution in [0.15, 0.2) is 42.7 Å². The third-order valence-corrected chi connectivity index (χ3v) is 3.07. The van der Waals surface area contributed by atoms with Gasteiger partial charge in [-0.1, -0.05) is 6.07 Å². The zero-order valence-electron chi connectivity index (χ0n) is 11.2. The summed E-state index contributed by atoms with van der Waals surface area (Å²) < 4.78 is 76.3. The van der Waals surface area contributed by atoms with E-state index in [1.807, 2.05) is 0 Å². The summed E-state index contributed by atoms with van der Waals surface area (Å²) in [4.78, 5) is 3.85. The molecule has 2 rings (SSSR count). The molecule has 0 atom stereocenters. The van der Waals surface area contributed by atoms with E-state index in [2.05, 4.69) is 4.98 Å². The number of aryl methyl sites for hydroxylation is 2. The summed E-state index contributed by atoms with van der Waals surface area (Å²) in [5, 5.41) is 0. The van der Waals surface area contributed by atoms with Crippen LogP contribution in [0.3, 0.4) is 0 Å². The minimum atomic E-state index is -4.82. The molecule has 1 aromatic carbocycles. The third kappa shape index (κ3) is 4.22. The fourth-order valence-electron chi connectivity index (χ4n) is 2.00. The minimum absolute atomic E-state index is 0.00833. The Kier molecular flexibility index (Phi) is 4.44. The van der Waals surface area contributed by atoms with E-state index in [-0.39, 0.29) is 18.1 Å². The maximum Gasteiger partial charge on any atom is 0.416 e. The second kappa shape index (κ2) is 5.98. The number of halogens is 6. The van der Waals surface area contributed by atoms with Crippen molar-refractivity contribution in [1.29, 1.82) is 0 Å². The molecule has 22 heavy (non-hydrogen) atoms. The van der Waals surface area contributed by atoms with Crippen LogP contribution >= 0.6 is 0 Å². The molecule has 0 radical (unpaired) electrons. The normalized spacial score (nSPS) is 12.5. The average Bonchev–Trinajstić information content (AvgIpc) is 2.44. The molecule has 1 nitrogen and oxygen atoms in total. The van der Waals surface area contributed by atoms with E-state index >= 15 is 0 Å². The Balaban J connectivity index is 2.30. The molecule has 0 unspecified atom stereocenters. The Bertz CT molecular complexity index is 598. The van der Waals surface area contributed by atoms with Crippen molar-refractivity contribution in [3.8, 4) is 0 Å². The van der Waals surface area contributed by atoms with Crippen LogP contribution in [-0.4, -0.2) is 4.98 Å². The van der Waals surface area contributed by atoms with Crippen molar-refractivity contribution in [1.82, 2.24) is 4.98 Å². The lowest BCUT2D eigenvalue weighted by Crippen LogP contribution is -2.12. The summed E-state index contributed by atoms with van der Waals surface area (Å²) in [6.45, 7) is 0. The van der Waals surface area contributed by atoms with Crippen LogP contribution in [0, 0.1) is 0 Å². The number of hydrogen-bond donors (Lipinski definition) is 0. The Hall–Kier alpha value is -2.05. The molecule has 1 aromatic heterocycles. The van der Waals surface area contributed by atoms with Gasteiger partial charge in [0.05, 0.1) is 11.1 Å². The highest BCUT2D eigenvalue weighted by Gasteiger charge is 2.36. The first-order valence-corrected chi connectivity index (χ1v) is 6.33. The van der Waals surface area contributed by atoms with Crippen molar-refractivity contribution < 1.29 is 26.3 Å². The summed E-state index contributed by atoms with van der Waals surface area (Å²) in [5.41, 5.74) is -1.84. The quantitative estimate of drug-likeness (QED) is 0.733. The lowest BCUT2D eigenvalue weighted by molar-refractivity contribution is -0.143. The maximum absolute atomic E-state index is 12.7. The van der Waals surface area contributed by atoms with Gasteiger partial charge in [0.15, 0.2) is 0 Å². The van der Waals surface area contributed by atoms with Crippen LogP contribution < -0.4 is 0 Å². The van der Waals surface area contributed by atoms with E-state index in [1.54, 1.807) is 12.1 Å². The molecule has 0 saturated carbocycles. The van der Waals surface area contributed by atoms with Crippen molar-refractivity contribution >= 4 is 0 Å². The van der Waals surface area contributed by atoms with E-state index in [4.69, 9.17) is 0 Å². The Morgan fingerprint density at radius 2 is 1.32 bits per heavy atom. The molecule has 0 aliphatic heterocycles. The fourth-order valence-corrected chi connectivity index (χ4v) is 2.00. The predicted octanol–water partition coefficient (Wildman–Crippen LogP) is 4.90. The first kappa shape index (κ1) is 16.3. The monoisotopic (exact) mass is 319 g/mol. The van der Waals surface area contributed by atoms with Gasteiger partial charge in [-0.15, -0.1) is 0 Å². The number of rotatable bonds is 3. The highest BCUT2D eigenvalue weighted by atomic mass is 19.4. The lowest BCUT2D eigenvalue weighted by Gasteiger charge is -2.14. The van der Waals surface area contributed by atoms with Gasteiger partial charge in [-0.2, -0.15) is 26.3 Å². The predicted molar refractivity (Wildman–Crippen MR) is 68.1 cm³/mol. The SMILES string of the molecule is FC(F)(F)c1cc(CCc2cccnc2)cc(C(F)(F)F)c1. The van der Waals surface area contributed by atoms with E-state index in [9.17, 15) is 26.3 Å². The molecule has 7 heteroatoms. The Labute approximate surface area is 122 Å². The van der Waals surface area contributed by atoms with Crippen LogP contribution in [0.25, 0.3) is 0 Å². The van der Waals surface area contributed by atoms with Gasteiger partial charge in [0.2, 0.25) is 0 Å². The standard InChI is InChI=1S/C15H11F6N/c16-14(17,18)12-6-11(7-13(8-12)15(19,20)21)4-3-10-2-1-5-22-9-10/h1-2,5-9H,3-4H2. The molecule has 0 amide bonds. The number of hydrogen-bond acceptors (Lipinski definition) is 1. The molecule has 0 spiro atoms. The van der Waals surface area contributed by atoms with E-state index in [0.717, 1.165) is 17.7 Å². The van der Waals surface area contributed by atoms with Gasteiger partial charge in [0.25, 0.3) is 0 Å². The first-order valence-electron chi connectivity index (χ1n) is 6.33. The number of aromatic nitrogens is 1. The van der Waals surface area contributed by atoms with Gasteiger partial charge in [0, 0.05) is 12.4 Å². The maximum atomic E-state index is 12.7. The molecular weight excluding hydrogens is 308 g/mol. The number of alkyl halides is 6. The lowest BCUT2D eigenvalue weighted by atomic mass is 10.00. The van der Waals surface area contributed by atoms with Crippen molar-refractivity contribution in [2.45, 2.75) is 25.2 Å². The van der Waals surface area contributed by atoms with Crippen molar-refractivity contribution in [3.63, 3.8) is 0 Å². The summed E-state index contributed by atoms with van der Waals surface area (Å²) in [6.07, 6.45) is -6.19. The molecule has 0 N–H and O–H groups in total. The molecule has 118 valence electrons. The number of benzene rings is 1. The van der Waals surface area contributed by atoms with Gasteiger partial charge in [-0.25, -0.2) is 0 Å². The zero-order valence-corrected chi connectivity index (χ0v) is 11.2. The molecule has 0 bridgehead atoms. The summed E-state index contributed by atoms with van der Waals surface area (Å²) in [6, 6.07) is 5.01. The molecule has 2 aromatic rings. The van der Waals surface area contributed by atoms with Gasteiger partial charge in [-0.05, 0) is 48.2 Å². The molecule has 0 aliphatic carbocycles. The second-order valence-corrected chi connectivity index (χ2v) is 4.78. The van der Waals surface area contributed by atoms with Crippen LogP contribution in [-0.2, 0) is 25.2 Å². The Morgan fingerprint density at radius 1 is 0.773 bits per heavy atom. The zero-order chi connectivity index (χ0) is 16.4. The van der Waals surface area contributed by atoms with Gasteiger partial charge < -0.3 is 0 Å². The average molecular weight is 319 g/mol. The van der Waals surface area contributed by atoms with E-state index < -0.39 is 23.5 Å². The molecular formula is C15H11F6N. The minimum Gasteiger partial charge on any atom is -0.264 e. The smallest absolute Gasteiger partial charge is 0.264 e. The van der Waals surface area contributed by atoms with Crippen molar-refractivity contribution in [2.24, 2.45) is 0 Å². The summed E-state index contributed by atoms with van der Waals surface area (Å²) >= 11 is 0. The van der Waals surface area contributed by atoms with Crippen LogP contribution in [0.1, 0.15) is 22.3 Å². The van der Waals surface area contributed by atoms with E-state index in [1.165, 1.54) is 12.4 Å². The summed E-state index contributed by atoms with van der Waals surface area (Å²) in [5.74, 6) is 0. The first-order chi connectivity index (χ1) is 10.2. The highest BCUT2D eigenvalue weighted by molar-refractivity contribution is 5.34. The van der Waals surface area contributed by atoms with Gasteiger partial charge >= 0.3 is 12.4 Å². The van der Waals surface area contributed by atoms with E-state index in [0.29, 0.717) is 6.42 Å². The van der Waals surface area contributed by atoms with Crippen molar-refractivity contribution in [3.05, 3.63) is 65.0 Å². The largest absolute Gasteiger partial charge is 0.416 e. The molecule has 0 saturated heterocycles. The van der Waals surface area contributed by atoms with Gasteiger partial charge in [0.1, 0.15) is 0 Å².